The SMILES string of the molecule is Cc1cc(C)c2c(CC(=O)N/N=C3\CCCc4oc(C(=O)Nc5ccc6c(c5)OCO6)c(C)c43)coc2c1. The molecule has 2 aromatic carbocycles. The maximum Gasteiger partial charge on any atom is 0.291 e. The number of rotatable bonds is 5. The van der Waals surface area contributed by atoms with E-state index >= 15 is 0 Å². The van der Waals surface area contributed by atoms with Crippen molar-refractivity contribution in [3.8, 4) is 11.5 Å². The first-order valence-electron chi connectivity index (χ1n) is 12.5. The minimum absolute atomic E-state index is 0.147. The average Bonchev–Trinajstić information content (AvgIpc) is 3.60. The van der Waals surface area contributed by atoms with Crippen LogP contribution in [0.4, 0.5) is 5.69 Å². The Labute approximate surface area is 218 Å². The van der Waals surface area contributed by atoms with E-state index in [1.54, 1.807) is 24.5 Å². The van der Waals surface area contributed by atoms with Crippen molar-refractivity contribution in [1.29, 1.82) is 0 Å². The summed E-state index contributed by atoms with van der Waals surface area (Å²) in [6, 6.07) is 9.26. The predicted octanol–water partition coefficient (Wildman–Crippen LogP) is 5.33. The van der Waals surface area contributed by atoms with Crippen LogP contribution in [0.25, 0.3) is 11.0 Å². The van der Waals surface area contributed by atoms with Crippen molar-refractivity contribution in [3.63, 3.8) is 0 Å². The molecule has 38 heavy (non-hydrogen) atoms. The lowest BCUT2D eigenvalue weighted by Crippen LogP contribution is -2.23. The van der Waals surface area contributed by atoms with Crippen molar-refractivity contribution >= 4 is 34.2 Å². The molecule has 0 atom stereocenters. The van der Waals surface area contributed by atoms with Gasteiger partial charge in [-0.3, -0.25) is 9.59 Å². The summed E-state index contributed by atoms with van der Waals surface area (Å²) >= 11 is 0. The first kappa shape index (κ1) is 23.8. The molecule has 2 amide bonds. The molecule has 0 radical (unpaired) electrons. The molecule has 2 aliphatic rings. The molecule has 3 heterocycles. The second kappa shape index (κ2) is 9.41. The number of anilines is 1. The molecular formula is C29H27N3O6. The van der Waals surface area contributed by atoms with E-state index < -0.39 is 0 Å². The highest BCUT2D eigenvalue weighted by atomic mass is 16.7. The Balaban J connectivity index is 1.19. The highest BCUT2D eigenvalue weighted by Crippen LogP contribution is 2.35. The Morgan fingerprint density at radius 3 is 2.74 bits per heavy atom. The predicted molar refractivity (Wildman–Crippen MR) is 141 cm³/mol. The van der Waals surface area contributed by atoms with Crippen molar-refractivity contribution in [2.75, 3.05) is 12.1 Å². The fourth-order valence-corrected chi connectivity index (χ4v) is 5.26. The molecule has 194 valence electrons. The van der Waals surface area contributed by atoms with Crippen LogP contribution in [0.2, 0.25) is 0 Å². The molecule has 9 heteroatoms. The smallest absolute Gasteiger partial charge is 0.291 e. The monoisotopic (exact) mass is 513 g/mol. The molecule has 2 N–H and O–H groups in total. The molecule has 6 rings (SSSR count). The first-order valence-corrected chi connectivity index (χ1v) is 12.5. The van der Waals surface area contributed by atoms with Gasteiger partial charge < -0.3 is 23.6 Å². The first-order chi connectivity index (χ1) is 18.4. The minimum atomic E-state index is -0.364. The summed E-state index contributed by atoms with van der Waals surface area (Å²) in [7, 11) is 0. The van der Waals surface area contributed by atoms with Crippen molar-refractivity contribution in [2.24, 2.45) is 5.10 Å². The maximum absolute atomic E-state index is 13.1. The summed E-state index contributed by atoms with van der Waals surface area (Å²) in [5.41, 5.74) is 9.22. The number of nitrogens with zero attached hydrogens (tertiary/aromatic N) is 1. The van der Waals surface area contributed by atoms with E-state index in [1.165, 1.54) is 0 Å². The Morgan fingerprint density at radius 1 is 1.03 bits per heavy atom. The van der Waals surface area contributed by atoms with Crippen molar-refractivity contribution in [1.82, 2.24) is 5.43 Å². The van der Waals surface area contributed by atoms with Crippen LogP contribution in [-0.2, 0) is 17.6 Å². The Kier molecular flexibility index (Phi) is 5.90. The van der Waals surface area contributed by atoms with Gasteiger partial charge in [0.15, 0.2) is 17.3 Å². The third-order valence-electron chi connectivity index (χ3n) is 6.92. The number of nitrogens with one attached hydrogen (secondary N) is 2. The Hall–Kier alpha value is -4.53. The van der Waals surface area contributed by atoms with Crippen LogP contribution in [0.5, 0.6) is 11.5 Å². The van der Waals surface area contributed by atoms with Gasteiger partial charge in [0.2, 0.25) is 12.7 Å². The van der Waals surface area contributed by atoms with Gasteiger partial charge in [0.05, 0.1) is 18.4 Å². The number of amides is 2. The summed E-state index contributed by atoms with van der Waals surface area (Å²) < 4.78 is 22.4. The van der Waals surface area contributed by atoms with E-state index in [4.69, 9.17) is 18.3 Å². The second-order valence-electron chi connectivity index (χ2n) is 9.72. The van der Waals surface area contributed by atoms with E-state index in [0.717, 1.165) is 39.6 Å². The number of carbonyl (C=O) groups excluding carboxylic acids is 2. The van der Waals surface area contributed by atoms with Crippen molar-refractivity contribution in [3.05, 3.63) is 75.9 Å². The van der Waals surface area contributed by atoms with Gasteiger partial charge in [-0.15, -0.1) is 0 Å². The fraction of sp³-hybridized carbons (Fsp3) is 0.276. The Morgan fingerprint density at radius 2 is 1.87 bits per heavy atom. The third kappa shape index (κ3) is 4.30. The number of ether oxygens (including phenoxy) is 2. The molecular weight excluding hydrogens is 486 g/mol. The standard InChI is InChI=1S/C29H27N3O6/c1-15-9-16(2)26-18(13-35-24(26)10-15)11-25(33)32-31-20-5-4-6-22-27(20)17(3)28(38-22)29(34)30-19-7-8-21-23(12-19)37-14-36-21/h7-10,12-13H,4-6,11,14H2,1-3H3,(H,30,34)(H,32,33)/b31-20+. The van der Waals surface area contributed by atoms with Gasteiger partial charge >= 0.3 is 0 Å². The number of fused-ring (bicyclic) bond motifs is 3. The number of furan rings is 2. The van der Waals surface area contributed by atoms with Gasteiger partial charge in [-0.1, -0.05) is 6.07 Å². The molecule has 0 fully saturated rings. The Bertz CT molecular complexity index is 1630. The lowest BCUT2D eigenvalue weighted by molar-refractivity contribution is -0.120. The van der Waals surface area contributed by atoms with Crippen LogP contribution in [0, 0.1) is 20.8 Å². The molecule has 0 spiro atoms. The fourth-order valence-electron chi connectivity index (χ4n) is 5.26. The summed E-state index contributed by atoms with van der Waals surface area (Å²) in [6.45, 7) is 6.02. The zero-order valence-corrected chi connectivity index (χ0v) is 21.4. The summed E-state index contributed by atoms with van der Waals surface area (Å²) in [6.07, 6.45) is 3.95. The summed E-state index contributed by atoms with van der Waals surface area (Å²) in [5, 5.41) is 8.27. The van der Waals surface area contributed by atoms with E-state index in [1.807, 2.05) is 26.8 Å². The highest BCUT2D eigenvalue weighted by molar-refractivity contribution is 6.09. The number of benzene rings is 2. The summed E-state index contributed by atoms with van der Waals surface area (Å²) in [5.74, 6) is 1.54. The molecule has 2 aromatic heterocycles. The molecule has 1 aliphatic carbocycles. The van der Waals surface area contributed by atoms with Gasteiger partial charge in [0.1, 0.15) is 11.3 Å². The molecule has 0 unspecified atom stereocenters. The van der Waals surface area contributed by atoms with Crippen LogP contribution in [0.1, 0.15) is 57.0 Å². The molecule has 9 nitrogen and oxygen atoms in total. The molecule has 0 bridgehead atoms. The zero-order valence-electron chi connectivity index (χ0n) is 21.4. The molecule has 0 saturated carbocycles. The molecule has 0 saturated heterocycles. The van der Waals surface area contributed by atoms with Crippen LogP contribution in [0.3, 0.4) is 0 Å². The van der Waals surface area contributed by atoms with Crippen molar-refractivity contribution in [2.45, 2.75) is 46.5 Å². The zero-order chi connectivity index (χ0) is 26.4. The van der Waals surface area contributed by atoms with Crippen LogP contribution in [-0.4, -0.2) is 24.3 Å². The maximum atomic E-state index is 13.1. The number of aryl methyl sites for hydroxylation is 3. The van der Waals surface area contributed by atoms with Gasteiger partial charge in [-0.25, -0.2) is 5.43 Å². The van der Waals surface area contributed by atoms with E-state index in [-0.39, 0.29) is 30.8 Å². The van der Waals surface area contributed by atoms with E-state index in [9.17, 15) is 9.59 Å². The summed E-state index contributed by atoms with van der Waals surface area (Å²) in [4.78, 5) is 25.9. The van der Waals surface area contributed by atoms with E-state index in [2.05, 4.69) is 21.9 Å². The van der Waals surface area contributed by atoms with Gasteiger partial charge in [-0.2, -0.15) is 5.10 Å². The van der Waals surface area contributed by atoms with Gasteiger partial charge in [0.25, 0.3) is 5.91 Å². The lowest BCUT2D eigenvalue weighted by atomic mass is 9.93. The normalized spacial score (nSPS) is 15.1. The van der Waals surface area contributed by atoms with Crippen LogP contribution >= 0.6 is 0 Å². The number of hydrazone groups is 1. The number of hydrogen-bond acceptors (Lipinski definition) is 7. The highest BCUT2D eigenvalue weighted by Gasteiger charge is 2.28. The molecule has 4 aromatic rings. The van der Waals surface area contributed by atoms with E-state index in [0.29, 0.717) is 47.1 Å². The average molecular weight is 514 g/mol. The quantitative estimate of drug-likeness (QED) is 0.349. The number of carbonyl (C=O) groups is 2. The van der Waals surface area contributed by atoms with Crippen molar-refractivity contribution < 1.29 is 27.9 Å². The van der Waals surface area contributed by atoms with Gasteiger partial charge in [-0.05, 0) is 62.9 Å². The van der Waals surface area contributed by atoms with Crippen LogP contribution in [0.15, 0.2) is 50.5 Å². The van der Waals surface area contributed by atoms with Crippen LogP contribution < -0.4 is 20.2 Å². The number of hydrogen-bond donors (Lipinski definition) is 2. The topological polar surface area (TPSA) is 115 Å². The lowest BCUT2D eigenvalue weighted by Gasteiger charge is -2.13. The molecule has 1 aliphatic heterocycles. The largest absolute Gasteiger partial charge is 0.464 e. The minimum Gasteiger partial charge on any atom is -0.464 e. The second-order valence-corrected chi connectivity index (χ2v) is 9.72. The third-order valence-corrected chi connectivity index (χ3v) is 6.92. The van der Waals surface area contributed by atoms with Gasteiger partial charge in [0, 0.05) is 40.3 Å².